The Morgan fingerprint density at radius 1 is 1.19 bits per heavy atom. The lowest BCUT2D eigenvalue weighted by Gasteiger charge is -2.35. The van der Waals surface area contributed by atoms with Crippen LogP contribution in [-0.2, 0) is 0 Å². The number of hydrogen-bond donors (Lipinski definition) is 3. The molecule has 1 aromatic carbocycles. The number of amides is 1. The molecule has 1 aliphatic rings. The highest BCUT2D eigenvalue weighted by molar-refractivity contribution is 5.95. The van der Waals surface area contributed by atoms with E-state index in [9.17, 15) is 9.18 Å². The van der Waals surface area contributed by atoms with Crippen molar-refractivity contribution in [1.82, 2.24) is 20.3 Å². The predicted octanol–water partition coefficient (Wildman–Crippen LogP) is 1.10. The minimum absolute atomic E-state index is 0.322. The maximum atomic E-state index is 12.9. The van der Waals surface area contributed by atoms with Crippen molar-refractivity contribution in [2.45, 2.75) is 6.92 Å². The van der Waals surface area contributed by atoms with Crippen LogP contribution >= 0.6 is 0 Å². The Labute approximate surface area is 151 Å². The maximum Gasteiger partial charge on any atom is 0.269 e. The molecule has 1 amide bonds. The number of rotatable bonds is 5. The second-order valence-corrected chi connectivity index (χ2v) is 5.97. The topological polar surface area (TPSA) is 99.4 Å². The van der Waals surface area contributed by atoms with E-state index >= 15 is 0 Å². The minimum atomic E-state index is -0.416. The van der Waals surface area contributed by atoms with Crippen LogP contribution in [0.5, 0.6) is 0 Å². The lowest BCUT2D eigenvalue weighted by atomic mass is 10.2. The van der Waals surface area contributed by atoms with E-state index in [4.69, 9.17) is 5.73 Å². The van der Waals surface area contributed by atoms with Crippen molar-refractivity contribution < 1.29 is 9.18 Å². The Morgan fingerprint density at radius 2 is 1.88 bits per heavy atom. The summed E-state index contributed by atoms with van der Waals surface area (Å²) in [6.45, 7) is 6.72. The molecule has 0 aliphatic carbocycles. The molecule has 1 aromatic heterocycles. The van der Waals surface area contributed by atoms with Gasteiger partial charge in [-0.3, -0.25) is 15.6 Å². The maximum absolute atomic E-state index is 12.9. The van der Waals surface area contributed by atoms with Crippen LogP contribution in [-0.4, -0.2) is 53.5 Å². The molecule has 3 rings (SSSR count). The molecule has 0 unspecified atom stereocenters. The van der Waals surface area contributed by atoms with Gasteiger partial charge in [0.2, 0.25) is 0 Å². The zero-order chi connectivity index (χ0) is 18.5. The number of nitrogens with zero attached hydrogens (tertiary/aromatic N) is 4. The van der Waals surface area contributed by atoms with Gasteiger partial charge in [0.15, 0.2) is 11.6 Å². The molecular weight excluding hydrogens is 337 g/mol. The third-order valence-electron chi connectivity index (χ3n) is 4.38. The van der Waals surface area contributed by atoms with Gasteiger partial charge in [-0.15, -0.1) is 0 Å². The van der Waals surface area contributed by atoms with Crippen LogP contribution in [0, 0.1) is 5.82 Å². The van der Waals surface area contributed by atoms with Gasteiger partial charge in [-0.25, -0.2) is 14.4 Å². The summed E-state index contributed by atoms with van der Waals surface area (Å²) in [5.41, 5.74) is 12.1. The van der Waals surface area contributed by atoms with Crippen LogP contribution in [0.4, 0.5) is 21.7 Å². The molecule has 9 heteroatoms. The van der Waals surface area contributed by atoms with Crippen molar-refractivity contribution >= 4 is 23.2 Å². The molecule has 0 spiro atoms. The highest BCUT2D eigenvalue weighted by Crippen LogP contribution is 2.26. The van der Waals surface area contributed by atoms with Crippen LogP contribution in [0.2, 0.25) is 0 Å². The summed E-state index contributed by atoms with van der Waals surface area (Å²) in [5.74, 6) is 0.154. The summed E-state index contributed by atoms with van der Waals surface area (Å²) in [6.07, 6.45) is 1.41. The van der Waals surface area contributed by atoms with E-state index in [2.05, 4.69) is 37.5 Å². The first-order valence-corrected chi connectivity index (χ1v) is 8.48. The first kappa shape index (κ1) is 17.9. The Morgan fingerprint density at radius 3 is 2.54 bits per heavy atom. The predicted molar refractivity (Wildman–Crippen MR) is 98.3 cm³/mol. The molecule has 26 heavy (non-hydrogen) atoms. The van der Waals surface area contributed by atoms with Crippen LogP contribution in [0.3, 0.4) is 0 Å². The van der Waals surface area contributed by atoms with Gasteiger partial charge in [0.1, 0.15) is 17.8 Å². The molecule has 0 saturated carbocycles. The molecule has 8 nitrogen and oxygen atoms in total. The van der Waals surface area contributed by atoms with Gasteiger partial charge in [0.25, 0.3) is 5.91 Å². The number of anilines is 3. The molecule has 0 atom stereocenters. The summed E-state index contributed by atoms with van der Waals surface area (Å²) < 4.78 is 12.9. The Kier molecular flexibility index (Phi) is 5.47. The normalized spacial score (nSPS) is 14.9. The third-order valence-corrected chi connectivity index (χ3v) is 4.38. The van der Waals surface area contributed by atoms with Crippen molar-refractivity contribution in [1.29, 1.82) is 0 Å². The summed E-state index contributed by atoms with van der Waals surface area (Å²) in [6, 6.07) is 5.24. The monoisotopic (exact) mass is 359 g/mol. The van der Waals surface area contributed by atoms with Crippen LogP contribution in [0.15, 0.2) is 30.6 Å². The number of benzene rings is 1. The van der Waals surface area contributed by atoms with Gasteiger partial charge in [-0.05, 0) is 30.8 Å². The number of hydrazine groups is 1. The molecule has 1 aliphatic heterocycles. The smallest absolute Gasteiger partial charge is 0.269 e. The summed E-state index contributed by atoms with van der Waals surface area (Å²) in [5, 5.41) is 0. The molecule has 0 bridgehead atoms. The average Bonchev–Trinajstić information content (AvgIpc) is 2.67. The highest BCUT2D eigenvalue weighted by atomic mass is 19.1. The number of piperazine rings is 1. The number of hydrogen-bond acceptors (Lipinski definition) is 7. The lowest BCUT2D eigenvalue weighted by Crippen LogP contribution is -2.46. The fourth-order valence-electron chi connectivity index (χ4n) is 2.80. The largest absolute Gasteiger partial charge is 0.393 e. The number of likely N-dealkylation sites (N-methyl/N-ethyl adjacent to an activating group) is 1. The van der Waals surface area contributed by atoms with Crippen LogP contribution < -0.4 is 21.5 Å². The third kappa shape index (κ3) is 3.99. The second-order valence-electron chi connectivity index (χ2n) is 5.97. The molecule has 138 valence electrons. The molecule has 1 fully saturated rings. The number of nitrogens with one attached hydrogen (secondary N) is 2. The van der Waals surface area contributed by atoms with Gasteiger partial charge in [-0.1, -0.05) is 6.92 Å². The molecular formula is C17H22FN7O. The lowest BCUT2D eigenvalue weighted by molar-refractivity contribution is 0.0962. The average molecular weight is 359 g/mol. The van der Waals surface area contributed by atoms with E-state index in [1.807, 2.05) is 0 Å². The van der Waals surface area contributed by atoms with E-state index < -0.39 is 11.7 Å². The van der Waals surface area contributed by atoms with E-state index in [0.29, 0.717) is 22.9 Å². The fraction of sp³-hybridized carbons (Fsp3) is 0.353. The minimum Gasteiger partial charge on any atom is -0.393 e. The van der Waals surface area contributed by atoms with Crippen LogP contribution in [0.25, 0.3) is 0 Å². The molecule has 1 saturated heterocycles. The Bertz CT molecular complexity index is 760. The van der Waals surface area contributed by atoms with Crippen molar-refractivity contribution in [2.75, 3.05) is 48.8 Å². The van der Waals surface area contributed by atoms with E-state index in [1.54, 1.807) is 0 Å². The first-order valence-electron chi connectivity index (χ1n) is 8.48. The van der Waals surface area contributed by atoms with E-state index in [-0.39, 0.29) is 0 Å². The van der Waals surface area contributed by atoms with Gasteiger partial charge >= 0.3 is 0 Å². The summed E-state index contributed by atoms with van der Waals surface area (Å²) >= 11 is 0. The summed E-state index contributed by atoms with van der Waals surface area (Å²) in [4.78, 5) is 24.9. The zero-order valence-corrected chi connectivity index (χ0v) is 14.6. The van der Waals surface area contributed by atoms with Gasteiger partial charge < -0.3 is 15.5 Å². The molecule has 2 heterocycles. The fourth-order valence-corrected chi connectivity index (χ4v) is 2.80. The zero-order valence-electron chi connectivity index (χ0n) is 14.6. The second kappa shape index (κ2) is 7.96. The molecule has 2 aromatic rings. The van der Waals surface area contributed by atoms with Crippen molar-refractivity contribution in [3.63, 3.8) is 0 Å². The van der Waals surface area contributed by atoms with Gasteiger partial charge in [-0.2, -0.15) is 0 Å². The SMILES string of the molecule is CCN1CCN(c2ncnc(NNC(=O)c3ccc(F)cc3)c2N)CC1. The number of halogens is 1. The standard InChI is InChI=1S/C17H22FN7O/c1-2-24-7-9-25(10-8-24)16-14(19)15(20-11-21-16)22-23-17(26)12-3-5-13(18)6-4-12/h3-6,11H,2,7-10,19H2,1H3,(H,23,26)(H,20,21,22). The number of aromatic nitrogens is 2. The van der Waals surface area contributed by atoms with Gasteiger partial charge in [0.05, 0.1) is 0 Å². The number of nitrogens with two attached hydrogens (primary N) is 1. The quantitative estimate of drug-likeness (QED) is 0.688. The Hall–Kier alpha value is -2.94. The van der Waals surface area contributed by atoms with Crippen molar-refractivity contribution in [3.05, 3.63) is 42.0 Å². The first-order chi connectivity index (χ1) is 12.6. The number of carbonyl (C=O) groups is 1. The van der Waals surface area contributed by atoms with E-state index in [0.717, 1.165) is 32.7 Å². The number of carbonyl (C=O) groups excluding carboxylic acids is 1. The van der Waals surface area contributed by atoms with Gasteiger partial charge in [0, 0.05) is 31.7 Å². The number of nitrogen functional groups attached to an aromatic ring is 1. The van der Waals surface area contributed by atoms with E-state index in [1.165, 1.54) is 30.6 Å². The van der Waals surface area contributed by atoms with Crippen LogP contribution in [0.1, 0.15) is 17.3 Å². The Balaban J connectivity index is 1.65. The highest BCUT2D eigenvalue weighted by Gasteiger charge is 2.20. The summed E-state index contributed by atoms with van der Waals surface area (Å²) in [7, 11) is 0. The van der Waals surface area contributed by atoms with Crippen molar-refractivity contribution in [2.24, 2.45) is 0 Å². The molecule has 0 radical (unpaired) electrons. The molecule has 4 N–H and O–H groups in total. The van der Waals surface area contributed by atoms with Crippen molar-refractivity contribution in [3.8, 4) is 0 Å².